The van der Waals surface area contributed by atoms with Crippen molar-refractivity contribution in [1.29, 1.82) is 0 Å². The van der Waals surface area contributed by atoms with Crippen molar-refractivity contribution in [2.24, 2.45) is 0 Å². The maximum absolute atomic E-state index is 12.0. The lowest BCUT2D eigenvalue weighted by molar-refractivity contribution is -0.143. The second kappa shape index (κ2) is 8.73. The zero-order valence-electron chi connectivity index (χ0n) is 13.6. The van der Waals surface area contributed by atoms with Crippen LogP contribution in [-0.4, -0.2) is 23.4 Å². The Morgan fingerprint density at radius 3 is 2.54 bits per heavy atom. The molecule has 0 aliphatic carbocycles. The summed E-state index contributed by atoms with van der Waals surface area (Å²) in [5.74, 6) is -0.834. The highest BCUT2D eigenvalue weighted by Crippen LogP contribution is 2.23. The van der Waals surface area contributed by atoms with Crippen molar-refractivity contribution >= 4 is 39.1 Å². The number of nitrogens with zero attached hydrogens (tertiary/aromatic N) is 1. The lowest BCUT2D eigenvalue weighted by atomic mass is 10.2. The van der Waals surface area contributed by atoms with Crippen LogP contribution in [0.3, 0.4) is 0 Å². The molecule has 0 unspecified atom stereocenters. The minimum absolute atomic E-state index is 0.0797. The molecule has 26 heavy (non-hydrogen) atoms. The van der Waals surface area contributed by atoms with Gasteiger partial charge in [0.25, 0.3) is 5.91 Å². The Morgan fingerprint density at radius 1 is 1.08 bits per heavy atom. The van der Waals surface area contributed by atoms with Gasteiger partial charge in [0.1, 0.15) is 18.2 Å². The van der Waals surface area contributed by atoms with Crippen molar-refractivity contribution in [3.8, 4) is 10.6 Å². The number of rotatable bonds is 6. The molecule has 132 valence electrons. The molecule has 3 aromatic rings. The van der Waals surface area contributed by atoms with Crippen LogP contribution in [0.4, 0.5) is 0 Å². The first kappa shape index (κ1) is 18.3. The molecule has 0 saturated carbocycles. The predicted molar refractivity (Wildman–Crippen MR) is 104 cm³/mol. The summed E-state index contributed by atoms with van der Waals surface area (Å²) in [6, 6.07) is 16.7. The van der Waals surface area contributed by atoms with E-state index in [2.05, 4.69) is 26.2 Å². The molecule has 0 atom stereocenters. The second-order valence-corrected chi connectivity index (χ2v) is 7.13. The summed E-state index contributed by atoms with van der Waals surface area (Å²) in [6.07, 6.45) is 0. The Morgan fingerprint density at radius 2 is 1.81 bits per heavy atom. The van der Waals surface area contributed by atoms with Crippen LogP contribution in [0.15, 0.2) is 64.5 Å². The molecule has 7 heteroatoms. The van der Waals surface area contributed by atoms with E-state index in [-0.39, 0.29) is 19.1 Å². The van der Waals surface area contributed by atoms with Gasteiger partial charge in [0.05, 0.1) is 5.69 Å². The van der Waals surface area contributed by atoms with Gasteiger partial charge in [0, 0.05) is 21.0 Å². The Balaban J connectivity index is 1.46. The minimum Gasteiger partial charge on any atom is -0.458 e. The first-order valence-corrected chi connectivity index (χ1v) is 9.48. The van der Waals surface area contributed by atoms with Crippen LogP contribution in [0.1, 0.15) is 16.1 Å². The highest BCUT2D eigenvalue weighted by Gasteiger charge is 2.10. The Labute approximate surface area is 163 Å². The van der Waals surface area contributed by atoms with Crippen LogP contribution in [0.2, 0.25) is 0 Å². The molecule has 0 aliphatic heterocycles. The first-order valence-electron chi connectivity index (χ1n) is 7.81. The number of carbonyl (C=O) groups is 2. The van der Waals surface area contributed by atoms with Crippen molar-refractivity contribution in [3.63, 3.8) is 0 Å². The van der Waals surface area contributed by atoms with E-state index >= 15 is 0 Å². The zero-order chi connectivity index (χ0) is 18.4. The van der Waals surface area contributed by atoms with E-state index < -0.39 is 5.97 Å². The van der Waals surface area contributed by atoms with Crippen LogP contribution in [0.25, 0.3) is 10.6 Å². The van der Waals surface area contributed by atoms with E-state index in [4.69, 9.17) is 4.74 Å². The Bertz CT molecular complexity index is 895. The van der Waals surface area contributed by atoms with Crippen LogP contribution >= 0.6 is 27.3 Å². The Hall–Kier alpha value is -2.51. The van der Waals surface area contributed by atoms with E-state index in [9.17, 15) is 9.59 Å². The van der Waals surface area contributed by atoms with E-state index in [1.165, 1.54) is 11.3 Å². The molecular formula is C19H15BrN2O3S. The lowest BCUT2D eigenvalue weighted by Gasteiger charge is -2.05. The fraction of sp³-hybridized carbons (Fsp3) is 0.105. The van der Waals surface area contributed by atoms with Crippen molar-refractivity contribution < 1.29 is 14.3 Å². The van der Waals surface area contributed by atoms with Gasteiger partial charge in [-0.3, -0.25) is 9.59 Å². The SMILES string of the molecule is O=C(CNC(=O)c1ccc(Br)cc1)OCc1csc(-c2ccccc2)n1. The average Bonchev–Trinajstić information content (AvgIpc) is 3.15. The number of ether oxygens (including phenoxy) is 1. The molecule has 0 saturated heterocycles. The summed E-state index contributed by atoms with van der Waals surface area (Å²) in [7, 11) is 0. The molecule has 1 N–H and O–H groups in total. The molecule has 0 radical (unpaired) electrons. The second-order valence-electron chi connectivity index (χ2n) is 5.36. The van der Waals surface area contributed by atoms with Gasteiger partial charge in [-0.05, 0) is 24.3 Å². The number of hydrogen-bond donors (Lipinski definition) is 1. The van der Waals surface area contributed by atoms with E-state index in [0.29, 0.717) is 11.3 Å². The molecule has 1 aromatic heterocycles. The third-order valence-electron chi connectivity index (χ3n) is 3.45. The number of benzene rings is 2. The molecular weight excluding hydrogens is 416 g/mol. The monoisotopic (exact) mass is 430 g/mol. The zero-order valence-corrected chi connectivity index (χ0v) is 16.0. The molecule has 0 spiro atoms. The Kier molecular flexibility index (Phi) is 6.14. The summed E-state index contributed by atoms with van der Waals surface area (Å²) < 4.78 is 6.05. The molecule has 0 bridgehead atoms. The number of hydrogen-bond acceptors (Lipinski definition) is 5. The van der Waals surface area contributed by atoms with Crippen LogP contribution in [0.5, 0.6) is 0 Å². The van der Waals surface area contributed by atoms with Gasteiger partial charge in [0.15, 0.2) is 0 Å². The van der Waals surface area contributed by atoms with Gasteiger partial charge in [-0.1, -0.05) is 46.3 Å². The first-order chi connectivity index (χ1) is 12.6. The van der Waals surface area contributed by atoms with Crippen LogP contribution < -0.4 is 5.32 Å². The van der Waals surface area contributed by atoms with E-state index in [1.54, 1.807) is 24.3 Å². The van der Waals surface area contributed by atoms with Gasteiger partial charge in [-0.25, -0.2) is 4.98 Å². The number of esters is 1. The largest absolute Gasteiger partial charge is 0.458 e. The molecule has 3 rings (SSSR count). The quantitative estimate of drug-likeness (QED) is 0.598. The molecule has 2 aromatic carbocycles. The fourth-order valence-corrected chi connectivity index (χ4v) is 3.22. The summed E-state index contributed by atoms with van der Waals surface area (Å²) in [4.78, 5) is 28.2. The number of halogens is 1. The summed E-state index contributed by atoms with van der Waals surface area (Å²) in [5, 5.41) is 5.27. The van der Waals surface area contributed by atoms with Gasteiger partial charge in [-0.2, -0.15) is 0 Å². The van der Waals surface area contributed by atoms with E-state index in [1.807, 2.05) is 35.7 Å². The lowest BCUT2D eigenvalue weighted by Crippen LogP contribution is -2.30. The standard InChI is InChI=1S/C19H15BrN2O3S/c20-15-8-6-13(7-9-15)18(24)21-10-17(23)25-11-16-12-26-19(22-16)14-4-2-1-3-5-14/h1-9,12H,10-11H2,(H,21,24). The normalized spacial score (nSPS) is 10.3. The third kappa shape index (κ3) is 5.00. The van der Waals surface area contributed by atoms with Gasteiger partial charge < -0.3 is 10.1 Å². The number of aromatic nitrogens is 1. The molecule has 1 amide bonds. The highest BCUT2D eigenvalue weighted by atomic mass is 79.9. The molecule has 0 fully saturated rings. The summed E-state index contributed by atoms with van der Waals surface area (Å²) in [5.41, 5.74) is 2.19. The molecule has 0 aliphatic rings. The van der Waals surface area contributed by atoms with Crippen LogP contribution in [0, 0.1) is 0 Å². The summed E-state index contributed by atoms with van der Waals surface area (Å²) >= 11 is 4.80. The van der Waals surface area contributed by atoms with E-state index in [0.717, 1.165) is 15.0 Å². The van der Waals surface area contributed by atoms with Crippen molar-refractivity contribution in [2.45, 2.75) is 6.61 Å². The van der Waals surface area contributed by atoms with Crippen molar-refractivity contribution in [3.05, 3.63) is 75.7 Å². The highest BCUT2D eigenvalue weighted by molar-refractivity contribution is 9.10. The number of amides is 1. The molecule has 5 nitrogen and oxygen atoms in total. The average molecular weight is 431 g/mol. The summed E-state index contributed by atoms with van der Waals surface area (Å²) in [6.45, 7) is -0.110. The van der Waals surface area contributed by atoms with Gasteiger partial charge in [-0.15, -0.1) is 11.3 Å². The van der Waals surface area contributed by atoms with Crippen molar-refractivity contribution in [2.75, 3.05) is 6.54 Å². The fourth-order valence-electron chi connectivity index (χ4n) is 2.15. The van der Waals surface area contributed by atoms with Gasteiger partial charge in [0.2, 0.25) is 0 Å². The topological polar surface area (TPSA) is 68.3 Å². The number of nitrogens with one attached hydrogen (secondary N) is 1. The third-order valence-corrected chi connectivity index (χ3v) is 4.92. The minimum atomic E-state index is -0.510. The smallest absolute Gasteiger partial charge is 0.325 e. The predicted octanol–water partition coefficient (Wildman–Crippen LogP) is 4.05. The maximum Gasteiger partial charge on any atom is 0.325 e. The molecule has 1 heterocycles. The number of carbonyl (C=O) groups excluding carboxylic acids is 2. The maximum atomic E-state index is 12.0. The van der Waals surface area contributed by atoms with Gasteiger partial charge >= 0.3 is 5.97 Å². The van der Waals surface area contributed by atoms with Crippen molar-refractivity contribution in [1.82, 2.24) is 10.3 Å². The number of thiazole rings is 1. The van der Waals surface area contributed by atoms with Crippen LogP contribution in [-0.2, 0) is 16.1 Å².